The van der Waals surface area contributed by atoms with Crippen molar-refractivity contribution in [3.63, 3.8) is 0 Å². The van der Waals surface area contributed by atoms with Crippen LogP contribution in [0.2, 0.25) is 0 Å². The van der Waals surface area contributed by atoms with Gasteiger partial charge in [-0.2, -0.15) is 0 Å². The number of hydrogen-bond donors (Lipinski definition) is 2. The number of benzene rings is 2. The summed E-state index contributed by atoms with van der Waals surface area (Å²) in [5.41, 5.74) is 3.31. The van der Waals surface area contributed by atoms with E-state index in [0.29, 0.717) is 23.2 Å². The SMILES string of the molecule is O=C(O)c1ccccc1-c1ccccc1C(=O)NCCC1=CCCCC1. The summed E-state index contributed by atoms with van der Waals surface area (Å²) >= 11 is 0. The summed E-state index contributed by atoms with van der Waals surface area (Å²) < 4.78 is 0. The molecule has 0 bridgehead atoms. The van der Waals surface area contributed by atoms with Gasteiger partial charge >= 0.3 is 5.97 Å². The van der Waals surface area contributed by atoms with Gasteiger partial charge in [0.05, 0.1) is 5.56 Å². The Balaban J connectivity index is 1.78. The molecule has 0 aliphatic heterocycles. The molecule has 0 heterocycles. The van der Waals surface area contributed by atoms with Gasteiger partial charge in [-0.15, -0.1) is 0 Å². The largest absolute Gasteiger partial charge is 0.478 e. The molecule has 4 heteroatoms. The normalized spacial score (nSPS) is 13.8. The molecular weight excluding hydrogens is 326 g/mol. The Labute approximate surface area is 153 Å². The lowest BCUT2D eigenvalue weighted by Crippen LogP contribution is -2.25. The Bertz CT molecular complexity index is 839. The first-order chi connectivity index (χ1) is 12.7. The van der Waals surface area contributed by atoms with Crippen LogP contribution in [0.3, 0.4) is 0 Å². The Kier molecular flexibility index (Phi) is 5.84. The molecule has 4 nitrogen and oxygen atoms in total. The number of carbonyl (C=O) groups is 2. The molecule has 1 amide bonds. The third-order valence-corrected chi connectivity index (χ3v) is 4.74. The van der Waals surface area contributed by atoms with Crippen LogP contribution in [0.4, 0.5) is 0 Å². The van der Waals surface area contributed by atoms with Gasteiger partial charge in [0, 0.05) is 12.1 Å². The Hall–Kier alpha value is -2.88. The molecule has 0 unspecified atom stereocenters. The topological polar surface area (TPSA) is 66.4 Å². The number of aromatic carboxylic acids is 1. The minimum absolute atomic E-state index is 0.169. The third-order valence-electron chi connectivity index (χ3n) is 4.74. The molecule has 0 saturated carbocycles. The molecule has 1 aliphatic carbocycles. The molecule has 0 atom stereocenters. The van der Waals surface area contributed by atoms with E-state index in [1.165, 1.54) is 18.4 Å². The quantitative estimate of drug-likeness (QED) is 0.745. The molecule has 2 aromatic carbocycles. The van der Waals surface area contributed by atoms with Crippen LogP contribution in [0, 0.1) is 0 Å². The van der Waals surface area contributed by atoms with E-state index >= 15 is 0 Å². The van der Waals surface area contributed by atoms with Gasteiger partial charge in [-0.3, -0.25) is 4.79 Å². The summed E-state index contributed by atoms with van der Waals surface area (Å²) in [4.78, 5) is 24.2. The van der Waals surface area contributed by atoms with Crippen molar-refractivity contribution in [1.29, 1.82) is 0 Å². The lowest BCUT2D eigenvalue weighted by Gasteiger charge is -2.14. The summed E-state index contributed by atoms with van der Waals surface area (Å²) in [6, 6.07) is 13.9. The highest BCUT2D eigenvalue weighted by Crippen LogP contribution is 2.27. The van der Waals surface area contributed by atoms with Crippen molar-refractivity contribution in [3.8, 4) is 11.1 Å². The number of carbonyl (C=O) groups excluding carboxylic acids is 1. The van der Waals surface area contributed by atoms with Gasteiger partial charge < -0.3 is 10.4 Å². The molecule has 1 aliphatic rings. The number of carboxylic acids is 1. The summed E-state index contributed by atoms with van der Waals surface area (Å²) in [5, 5.41) is 12.4. The first kappa shape index (κ1) is 17.9. The fraction of sp³-hybridized carbons (Fsp3) is 0.273. The van der Waals surface area contributed by atoms with Crippen molar-refractivity contribution in [1.82, 2.24) is 5.32 Å². The van der Waals surface area contributed by atoms with Crippen LogP contribution in [0.25, 0.3) is 11.1 Å². The maximum Gasteiger partial charge on any atom is 0.336 e. The number of nitrogens with one attached hydrogen (secondary N) is 1. The van der Waals surface area contributed by atoms with Gasteiger partial charge in [0.15, 0.2) is 0 Å². The van der Waals surface area contributed by atoms with E-state index in [0.717, 1.165) is 19.3 Å². The molecule has 134 valence electrons. The average molecular weight is 349 g/mol. The van der Waals surface area contributed by atoms with E-state index in [9.17, 15) is 14.7 Å². The number of amides is 1. The van der Waals surface area contributed by atoms with Crippen molar-refractivity contribution < 1.29 is 14.7 Å². The summed E-state index contributed by atoms with van der Waals surface area (Å²) in [7, 11) is 0. The van der Waals surface area contributed by atoms with E-state index in [1.807, 2.05) is 6.07 Å². The second-order valence-electron chi connectivity index (χ2n) is 6.51. The van der Waals surface area contributed by atoms with E-state index in [4.69, 9.17) is 0 Å². The molecule has 2 aromatic rings. The zero-order valence-corrected chi connectivity index (χ0v) is 14.7. The predicted octanol–water partition coefficient (Wildman–Crippen LogP) is 4.67. The Morgan fingerprint density at radius 1 is 0.923 bits per heavy atom. The molecule has 0 radical (unpaired) electrons. The minimum Gasteiger partial charge on any atom is -0.478 e. The maximum atomic E-state index is 12.7. The lowest BCUT2D eigenvalue weighted by molar-refractivity contribution is 0.0697. The molecule has 0 fully saturated rings. The minimum atomic E-state index is -1.000. The molecule has 26 heavy (non-hydrogen) atoms. The first-order valence-electron chi connectivity index (χ1n) is 9.04. The number of carboxylic acid groups (broad SMARTS) is 1. The van der Waals surface area contributed by atoms with Crippen molar-refractivity contribution in [2.75, 3.05) is 6.54 Å². The average Bonchev–Trinajstić information content (AvgIpc) is 2.68. The van der Waals surface area contributed by atoms with Crippen LogP contribution in [-0.4, -0.2) is 23.5 Å². The molecule has 2 N–H and O–H groups in total. The van der Waals surface area contributed by atoms with Crippen molar-refractivity contribution in [2.45, 2.75) is 32.1 Å². The Morgan fingerprint density at radius 2 is 1.58 bits per heavy atom. The van der Waals surface area contributed by atoms with E-state index in [1.54, 1.807) is 42.5 Å². The van der Waals surface area contributed by atoms with Gasteiger partial charge in [-0.05, 0) is 55.4 Å². The number of hydrogen-bond acceptors (Lipinski definition) is 2. The number of rotatable bonds is 6. The fourth-order valence-corrected chi connectivity index (χ4v) is 3.38. The van der Waals surface area contributed by atoms with Gasteiger partial charge in [-0.1, -0.05) is 48.0 Å². The molecular formula is C22H23NO3. The van der Waals surface area contributed by atoms with Crippen LogP contribution >= 0.6 is 0 Å². The highest BCUT2D eigenvalue weighted by atomic mass is 16.4. The molecule has 0 aromatic heterocycles. The lowest BCUT2D eigenvalue weighted by atomic mass is 9.94. The van der Waals surface area contributed by atoms with Gasteiger partial charge in [0.1, 0.15) is 0 Å². The first-order valence-corrected chi connectivity index (χ1v) is 9.04. The smallest absolute Gasteiger partial charge is 0.336 e. The zero-order valence-electron chi connectivity index (χ0n) is 14.7. The highest BCUT2D eigenvalue weighted by Gasteiger charge is 2.17. The zero-order chi connectivity index (χ0) is 18.4. The van der Waals surface area contributed by atoms with Crippen LogP contribution < -0.4 is 5.32 Å². The second kappa shape index (κ2) is 8.48. The molecule has 3 rings (SSSR count). The highest BCUT2D eigenvalue weighted by molar-refractivity contribution is 6.04. The van der Waals surface area contributed by atoms with Crippen molar-refractivity contribution >= 4 is 11.9 Å². The molecule has 0 spiro atoms. The maximum absolute atomic E-state index is 12.7. The van der Waals surface area contributed by atoms with Crippen molar-refractivity contribution in [3.05, 3.63) is 71.3 Å². The summed E-state index contributed by atoms with van der Waals surface area (Å²) in [5.74, 6) is -1.17. The number of allylic oxidation sites excluding steroid dienone is 1. The van der Waals surface area contributed by atoms with E-state index < -0.39 is 5.97 Å². The standard InChI is InChI=1S/C22H23NO3/c24-21(23-15-14-16-8-2-1-3-9-16)19-12-6-4-10-17(19)18-11-5-7-13-20(18)22(25)26/h4-8,10-13H,1-3,9,14-15H2,(H,23,24)(H,25,26). The second-order valence-corrected chi connectivity index (χ2v) is 6.51. The monoisotopic (exact) mass is 349 g/mol. The molecule has 0 saturated heterocycles. The summed E-state index contributed by atoms with van der Waals surface area (Å²) in [6.07, 6.45) is 7.91. The predicted molar refractivity (Wildman–Crippen MR) is 102 cm³/mol. The fourth-order valence-electron chi connectivity index (χ4n) is 3.38. The van der Waals surface area contributed by atoms with Crippen LogP contribution in [-0.2, 0) is 0 Å². The van der Waals surface area contributed by atoms with Gasteiger partial charge in [-0.25, -0.2) is 4.79 Å². The summed E-state index contributed by atoms with van der Waals surface area (Å²) in [6.45, 7) is 0.597. The van der Waals surface area contributed by atoms with Crippen LogP contribution in [0.5, 0.6) is 0 Å². The van der Waals surface area contributed by atoms with E-state index in [2.05, 4.69) is 11.4 Å². The van der Waals surface area contributed by atoms with Crippen molar-refractivity contribution in [2.24, 2.45) is 0 Å². The van der Waals surface area contributed by atoms with E-state index in [-0.39, 0.29) is 11.5 Å². The van der Waals surface area contributed by atoms with Gasteiger partial charge in [0.25, 0.3) is 5.91 Å². The van der Waals surface area contributed by atoms with Gasteiger partial charge in [0.2, 0.25) is 0 Å². The van der Waals surface area contributed by atoms with Crippen LogP contribution in [0.15, 0.2) is 60.2 Å². The third kappa shape index (κ3) is 4.20. The Morgan fingerprint density at radius 3 is 2.23 bits per heavy atom. The van der Waals surface area contributed by atoms with Crippen LogP contribution in [0.1, 0.15) is 52.8 Å².